The lowest BCUT2D eigenvalue weighted by atomic mass is 10.0. The molecule has 2 aromatic heterocycles. The molecule has 2 atom stereocenters. The third-order valence-electron chi connectivity index (χ3n) is 4.51. The van der Waals surface area contributed by atoms with Gasteiger partial charge in [0.05, 0.1) is 21.9 Å². The molecule has 2 nitrogen and oxygen atoms in total. The molecule has 0 amide bonds. The molecule has 2 unspecified atom stereocenters. The predicted octanol–water partition coefficient (Wildman–Crippen LogP) is 6.14. The second-order valence-electron chi connectivity index (χ2n) is 9.52. The van der Waals surface area contributed by atoms with Gasteiger partial charge in [0.15, 0.2) is 0 Å². The summed E-state index contributed by atoms with van der Waals surface area (Å²) < 4.78 is 0. The lowest BCUT2D eigenvalue weighted by Crippen LogP contribution is -2.14. The van der Waals surface area contributed by atoms with Crippen LogP contribution in [0.15, 0.2) is 48.5 Å². The Labute approximate surface area is 171 Å². The molecule has 2 heterocycles. The van der Waals surface area contributed by atoms with Crippen LogP contribution in [0, 0.1) is 0 Å². The van der Waals surface area contributed by atoms with E-state index in [0.29, 0.717) is 17.2 Å². The van der Waals surface area contributed by atoms with Gasteiger partial charge < -0.3 is 0 Å². The lowest BCUT2D eigenvalue weighted by molar-refractivity contribution is 0.798. The molecule has 144 valence electrons. The third kappa shape index (κ3) is 4.19. The first-order valence-electron chi connectivity index (χ1n) is 9.79. The standard InChI is InChI=1S/C24H28N2P2/c1-23(2,3)27-18-13-11-16-9-7-15-8-10-17-12-14-19(28-24(4,5)6)26-22(17)20(15)21(16)25-18/h7-14,27-28H,1-6H3. The van der Waals surface area contributed by atoms with Gasteiger partial charge in [-0.05, 0) is 27.8 Å². The average Bonchev–Trinajstić information content (AvgIpc) is 2.58. The molecule has 2 aromatic carbocycles. The summed E-state index contributed by atoms with van der Waals surface area (Å²) in [7, 11) is 1.37. The van der Waals surface area contributed by atoms with Gasteiger partial charge in [-0.2, -0.15) is 0 Å². The highest BCUT2D eigenvalue weighted by molar-refractivity contribution is 7.48. The van der Waals surface area contributed by atoms with Gasteiger partial charge in [0, 0.05) is 16.2 Å². The molecule has 0 N–H and O–H groups in total. The first-order valence-corrected chi connectivity index (χ1v) is 11.8. The minimum Gasteiger partial charge on any atom is -0.248 e. The van der Waals surface area contributed by atoms with Crippen LogP contribution in [0.25, 0.3) is 32.6 Å². The third-order valence-corrected chi connectivity index (χ3v) is 7.08. The molecular formula is C24H28N2P2. The van der Waals surface area contributed by atoms with Crippen molar-refractivity contribution in [2.24, 2.45) is 0 Å². The normalized spacial score (nSPS) is 13.8. The van der Waals surface area contributed by atoms with Gasteiger partial charge in [0.1, 0.15) is 0 Å². The summed E-state index contributed by atoms with van der Waals surface area (Å²) in [6.07, 6.45) is 0. The number of rotatable bonds is 2. The fraction of sp³-hybridized carbons (Fsp3) is 0.333. The molecule has 0 bridgehead atoms. The Hall–Kier alpha value is -1.62. The second-order valence-corrected chi connectivity index (χ2v) is 14.0. The number of aromatic nitrogens is 2. The van der Waals surface area contributed by atoms with Crippen molar-refractivity contribution in [1.29, 1.82) is 0 Å². The number of hydrogen-bond donors (Lipinski definition) is 0. The molecule has 4 rings (SSSR count). The number of nitrogens with zero attached hydrogens (tertiary/aromatic N) is 2. The SMILES string of the molecule is CC(C)(C)Pc1ccc2ccc3ccc4ccc(PC(C)(C)C)nc4c3c2n1. The Morgan fingerprint density at radius 3 is 1.29 bits per heavy atom. The van der Waals surface area contributed by atoms with Crippen LogP contribution in [-0.2, 0) is 0 Å². The Morgan fingerprint density at radius 2 is 0.893 bits per heavy atom. The van der Waals surface area contributed by atoms with E-state index in [-0.39, 0.29) is 10.3 Å². The zero-order chi connectivity index (χ0) is 20.1. The molecule has 0 fully saturated rings. The highest BCUT2D eigenvalue weighted by atomic mass is 31.1. The topological polar surface area (TPSA) is 25.8 Å². The van der Waals surface area contributed by atoms with Crippen molar-refractivity contribution >= 4 is 60.6 Å². The van der Waals surface area contributed by atoms with Gasteiger partial charge in [-0.3, -0.25) is 0 Å². The first-order chi connectivity index (χ1) is 13.1. The van der Waals surface area contributed by atoms with Crippen molar-refractivity contribution in [2.75, 3.05) is 0 Å². The summed E-state index contributed by atoms with van der Waals surface area (Å²) in [5, 5.41) is 5.27. The van der Waals surface area contributed by atoms with Crippen molar-refractivity contribution in [2.45, 2.75) is 51.9 Å². The summed E-state index contributed by atoms with van der Waals surface area (Å²) in [5.41, 5.74) is 4.52. The highest BCUT2D eigenvalue weighted by Crippen LogP contribution is 2.34. The van der Waals surface area contributed by atoms with E-state index in [4.69, 9.17) is 9.97 Å². The maximum atomic E-state index is 5.12. The minimum absolute atomic E-state index is 0.243. The molecule has 4 aromatic rings. The highest BCUT2D eigenvalue weighted by Gasteiger charge is 2.16. The zero-order valence-corrected chi connectivity index (χ0v) is 19.5. The Kier molecular flexibility index (Phi) is 4.93. The average molecular weight is 406 g/mol. The summed E-state index contributed by atoms with van der Waals surface area (Å²) in [5.74, 6) is 0. The van der Waals surface area contributed by atoms with E-state index in [1.165, 1.54) is 32.4 Å². The molecule has 0 aliphatic heterocycles. The van der Waals surface area contributed by atoms with Gasteiger partial charge in [-0.25, -0.2) is 9.97 Å². The van der Waals surface area contributed by atoms with E-state index in [1.807, 2.05) is 0 Å². The monoisotopic (exact) mass is 406 g/mol. The van der Waals surface area contributed by atoms with Crippen LogP contribution in [-0.4, -0.2) is 20.3 Å². The van der Waals surface area contributed by atoms with Crippen LogP contribution in [0.3, 0.4) is 0 Å². The quantitative estimate of drug-likeness (QED) is 0.295. The molecule has 0 radical (unpaired) electrons. The van der Waals surface area contributed by atoms with Crippen LogP contribution in [0.4, 0.5) is 0 Å². The van der Waals surface area contributed by atoms with E-state index >= 15 is 0 Å². The minimum atomic E-state index is 0.243. The second kappa shape index (κ2) is 7.01. The van der Waals surface area contributed by atoms with Gasteiger partial charge >= 0.3 is 0 Å². The molecule has 4 heteroatoms. The van der Waals surface area contributed by atoms with Crippen LogP contribution in [0.2, 0.25) is 0 Å². The van der Waals surface area contributed by atoms with E-state index in [2.05, 4.69) is 90.1 Å². The van der Waals surface area contributed by atoms with Crippen molar-refractivity contribution in [3.05, 3.63) is 48.5 Å². The summed E-state index contributed by atoms with van der Waals surface area (Å²) in [6.45, 7) is 13.6. The van der Waals surface area contributed by atoms with Crippen LogP contribution < -0.4 is 10.9 Å². The van der Waals surface area contributed by atoms with Crippen LogP contribution in [0.1, 0.15) is 41.5 Å². The van der Waals surface area contributed by atoms with Crippen molar-refractivity contribution in [1.82, 2.24) is 9.97 Å². The van der Waals surface area contributed by atoms with Crippen molar-refractivity contribution < 1.29 is 0 Å². The maximum Gasteiger partial charge on any atom is 0.0809 e. The molecular weight excluding hydrogens is 378 g/mol. The fourth-order valence-electron chi connectivity index (χ4n) is 3.48. The fourth-order valence-corrected chi connectivity index (χ4v) is 5.69. The smallest absolute Gasteiger partial charge is 0.0809 e. The molecule has 28 heavy (non-hydrogen) atoms. The zero-order valence-electron chi connectivity index (χ0n) is 17.5. The molecule has 0 aliphatic rings. The van der Waals surface area contributed by atoms with E-state index in [0.717, 1.165) is 11.0 Å². The first kappa shape index (κ1) is 19.7. The van der Waals surface area contributed by atoms with Crippen molar-refractivity contribution in [3.63, 3.8) is 0 Å². The molecule has 0 saturated heterocycles. The summed E-state index contributed by atoms with van der Waals surface area (Å²) in [6, 6.07) is 17.6. The van der Waals surface area contributed by atoms with E-state index < -0.39 is 0 Å². The Balaban J connectivity index is 2.00. The number of fused-ring (bicyclic) bond motifs is 5. The molecule has 0 aliphatic carbocycles. The Morgan fingerprint density at radius 1 is 0.536 bits per heavy atom. The van der Waals surface area contributed by atoms with Crippen LogP contribution in [0.5, 0.6) is 0 Å². The largest absolute Gasteiger partial charge is 0.248 e. The maximum absolute atomic E-state index is 5.12. The number of hydrogen-bond acceptors (Lipinski definition) is 2. The summed E-state index contributed by atoms with van der Waals surface area (Å²) in [4.78, 5) is 10.2. The number of benzene rings is 2. The molecule has 0 spiro atoms. The Bertz CT molecular complexity index is 1090. The number of pyridine rings is 2. The molecule has 0 saturated carbocycles. The van der Waals surface area contributed by atoms with Gasteiger partial charge in [-0.15, -0.1) is 0 Å². The van der Waals surface area contributed by atoms with Gasteiger partial charge in [0.2, 0.25) is 0 Å². The summed E-state index contributed by atoms with van der Waals surface area (Å²) >= 11 is 0. The predicted molar refractivity (Wildman–Crippen MR) is 130 cm³/mol. The van der Waals surface area contributed by atoms with Gasteiger partial charge in [-0.1, -0.05) is 95.1 Å². The lowest BCUT2D eigenvalue weighted by Gasteiger charge is -2.19. The van der Waals surface area contributed by atoms with Crippen LogP contribution >= 0.6 is 17.2 Å². The van der Waals surface area contributed by atoms with E-state index in [9.17, 15) is 0 Å². The van der Waals surface area contributed by atoms with Crippen molar-refractivity contribution in [3.8, 4) is 0 Å². The van der Waals surface area contributed by atoms with E-state index in [1.54, 1.807) is 0 Å². The van der Waals surface area contributed by atoms with Gasteiger partial charge in [0.25, 0.3) is 0 Å².